The highest BCUT2D eigenvalue weighted by molar-refractivity contribution is 7.99. The van der Waals surface area contributed by atoms with Crippen LogP contribution in [0.15, 0.2) is 60.3 Å². The second-order valence-electron chi connectivity index (χ2n) is 8.00. The van der Waals surface area contributed by atoms with Gasteiger partial charge < -0.3 is 5.32 Å². The fraction of sp³-hybridized carbons (Fsp3) is 0.261. The van der Waals surface area contributed by atoms with E-state index in [0.717, 1.165) is 11.4 Å². The molecule has 0 atom stereocenters. The van der Waals surface area contributed by atoms with Gasteiger partial charge in [0, 0.05) is 17.8 Å². The number of benzene rings is 2. The smallest absolute Gasteiger partial charge is 0.234 e. The third-order valence-electron chi connectivity index (χ3n) is 4.57. The summed E-state index contributed by atoms with van der Waals surface area (Å²) in [4.78, 5) is 12.4. The van der Waals surface area contributed by atoms with Crippen LogP contribution in [0.1, 0.15) is 26.3 Å². The van der Waals surface area contributed by atoms with Crippen molar-refractivity contribution in [1.29, 1.82) is 0 Å². The van der Waals surface area contributed by atoms with Crippen molar-refractivity contribution in [3.8, 4) is 11.4 Å². The Hall–Kier alpha value is -2.28. The summed E-state index contributed by atoms with van der Waals surface area (Å²) in [5, 5.41) is 12.9. The van der Waals surface area contributed by atoms with Crippen molar-refractivity contribution in [3.05, 3.63) is 70.7 Å². The number of rotatable bonds is 7. The summed E-state index contributed by atoms with van der Waals surface area (Å²) < 4.78 is 1.95. The summed E-state index contributed by atoms with van der Waals surface area (Å²) in [5.74, 6) is 0.749. The molecule has 0 bridgehead atoms. The van der Waals surface area contributed by atoms with Crippen LogP contribution in [0.25, 0.3) is 11.4 Å². The minimum atomic E-state index is -0.173. The number of nitrogens with one attached hydrogen (secondary N) is 1. The molecule has 0 fully saturated rings. The molecule has 162 valence electrons. The number of hydrogen-bond donors (Lipinski definition) is 1. The highest BCUT2D eigenvalue weighted by Gasteiger charge is 2.17. The molecule has 0 aliphatic rings. The SMILES string of the molecule is C=CCn1c(SCC(=O)Nc2ccc(Cl)c(Cl)c2)nnc1-c1ccc(C(C)(C)C)cc1. The zero-order valence-corrected chi connectivity index (χ0v) is 20.0. The molecule has 0 radical (unpaired) electrons. The molecule has 2 aromatic carbocycles. The van der Waals surface area contributed by atoms with Crippen molar-refractivity contribution in [2.75, 3.05) is 11.1 Å². The molecule has 0 saturated carbocycles. The first-order chi connectivity index (χ1) is 14.7. The summed E-state index contributed by atoms with van der Waals surface area (Å²) in [6, 6.07) is 13.3. The quantitative estimate of drug-likeness (QED) is 0.315. The van der Waals surface area contributed by atoms with E-state index in [0.29, 0.717) is 27.4 Å². The molecule has 0 saturated heterocycles. The van der Waals surface area contributed by atoms with Gasteiger partial charge in [0.2, 0.25) is 5.91 Å². The summed E-state index contributed by atoms with van der Waals surface area (Å²) in [6.07, 6.45) is 1.79. The molecular weight excluding hydrogens is 451 g/mol. The molecule has 1 N–H and O–H groups in total. The second-order valence-corrected chi connectivity index (χ2v) is 9.76. The summed E-state index contributed by atoms with van der Waals surface area (Å²) >= 11 is 13.2. The van der Waals surface area contributed by atoms with Gasteiger partial charge in [-0.05, 0) is 29.2 Å². The van der Waals surface area contributed by atoms with Crippen LogP contribution in [0.5, 0.6) is 0 Å². The van der Waals surface area contributed by atoms with Crippen LogP contribution in [0.3, 0.4) is 0 Å². The van der Waals surface area contributed by atoms with Crippen LogP contribution < -0.4 is 5.32 Å². The van der Waals surface area contributed by atoms with Gasteiger partial charge in [-0.1, -0.05) is 86.1 Å². The minimum absolute atomic E-state index is 0.0794. The van der Waals surface area contributed by atoms with Crippen molar-refractivity contribution in [3.63, 3.8) is 0 Å². The lowest BCUT2D eigenvalue weighted by molar-refractivity contribution is -0.113. The Morgan fingerprint density at radius 2 is 1.84 bits per heavy atom. The molecule has 8 heteroatoms. The van der Waals surface area contributed by atoms with Gasteiger partial charge in [0.25, 0.3) is 0 Å². The van der Waals surface area contributed by atoms with E-state index in [2.05, 4.69) is 67.1 Å². The topological polar surface area (TPSA) is 59.8 Å². The fourth-order valence-corrected chi connectivity index (χ4v) is 3.97. The first kappa shape index (κ1) is 23.4. The number of allylic oxidation sites excluding steroid dienone is 1. The summed E-state index contributed by atoms with van der Waals surface area (Å²) in [6.45, 7) is 10.9. The molecule has 1 heterocycles. The number of amides is 1. The molecular formula is C23H24Cl2N4OS. The van der Waals surface area contributed by atoms with Crippen LogP contribution in [0, 0.1) is 0 Å². The monoisotopic (exact) mass is 474 g/mol. The number of halogens is 2. The predicted octanol–water partition coefficient (Wildman–Crippen LogP) is 6.47. The highest BCUT2D eigenvalue weighted by Crippen LogP contribution is 2.28. The zero-order chi connectivity index (χ0) is 22.6. The number of thioether (sulfide) groups is 1. The Balaban J connectivity index is 1.73. The van der Waals surface area contributed by atoms with E-state index >= 15 is 0 Å². The van der Waals surface area contributed by atoms with E-state index in [1.165, 1.54) is 17.3 Å². The zero-order valence-electron chi connectivity index (χ0n) is 17.7. The molecule has 1 aromatic heterocycles. The molecule has 3 rings (SSSR count). The Labute approximate surface area is 196 Å². The molecule has 1 amide bonds. The molecule has 3 aromatic rings. The van der Waals surface area contributed by atoms with Crippen LogP contribution in [-0.4, -0.2) is 26.4 Å². The molecule has 0 spiro atoms. The van der Waals surface area contributed by atoms with Gasteiger partial charge in [0.05, 0.1) is 15.8 Å². The van der Waals surface area contributed by atoms with E-state index in [1.807, 2.05) is 4.57 Å². The van der Waals surface area contributed by atoms with Crippen LogP contribution in [-0.2, 0) is 16.8 Å². The third kappa shape index (κ3) is 5.91. The molecule has 0 unspecified atom stereocenters. The number of anilines is 1. The van der Waals surface area contributed by atoms with Crippen molar-refractivity contribution in [1.82, 2.24) is 14.8 Å². The van der Waals surface area contributed by atoms with Gasteiger partial charge in [0.15, 0.2) is 11.0 Å². The van der Waals surface area contributed by atoms with Crippen molar-refractivity contribution in [2.45, 2.75) is 37.9 Å². The van der Waals surface area contributed by atoms with Gasteiger partial charge in [-0.3, -0.25) is 9.36 Å². The maximum Gasteiger partial charge on any atom is 0.234 e. The molecule has 5 nitrogen and oxygen atoms in total. The van der Waals surface area contributed by atoms with Gasteiger partial charge >= 0.3 is 0 Å². The van der Waals surface area contributed by atoms with Crippen LogP contribution in [0.2, 0.25) is 10.0 Å². The van der Waals surface area contributed by atoms with E-state index < -0.39 is 0 Å². The normalized spacial score (nSPS) is 11.4. The largest absolute Gasteiger partial charge is 0.325 e. The maximum atomic E-state index is 12.4. The average molecular weight is 475 g/mol. The minimum Gasteiger partial charge on any atom is -0.325 e. The Bertz CT molecular complexity index is 1090. The van der Waals surface area contributed by atoms with E-state index in [9.17, 15) is 4.79 Å². The van der Waals surface area contributed by atoms with E-state index in [-0.39, 0.29) is 17.1 Å². The fourth-order valence-electron chi connectivity index (χ4n) is 2.92. The number of nitrogens with zero attached hydrogens (tertiary/aromatic N) is 3. The lowest BCUT2D eigenvalue weighted by atomic mass is 9.87. The Kier molecular flexibility index (Phi) is 7.46. The summed E-state index contributed by atoms with van der Waals surface area (Å²) in [5.41, 5.74) is 2.89. The average Bonchev–Trinajstić information content (AvgIpc) is 3.11. The van der Waals surface area contributed by atoms with Gasteiger partial charge in [0.1, 0.15) is 0 Å². The maximum absolute atomic E-state index is 12.4. The van der Waals surface area contributed by atoms with Crippen molar-refractivity contribution < 1.29 is 4.79 Å². The standard InChI is InChI=1S/C23H24Cl2N4OS/c1-5-12-29-21(15-6-8-16(9-7-15)23(2,3)4)27-28-22(29)31-14-20(30)26-17-10-11-18(24)19(25)13-17/h5-11,13H,1,12,14H2,2-4H3,(H,26,30). The van der Waals surface area contributed by atoms with E-state index in [1.54, 1.807) is 24.3 Å². The van der Waals surface area contributed by atoms with Crippen LogP contribution >= 0.6 is 35.0 Å². The van der Waals surface area contributed by atoms with Crippen molar-refractivity contribution in [2.24, 2.45) is 0 Å². The number of carbonyl (C=O) groups is 1. The van der Waals surface area contributed by atoms with Crippen LogP contribution in [0.4, 0.5) is 5.69 Å². The first-order valence-corrected chi connectivity index (χ1v) is 11.5. The third-order valence-corrected chi connectivity index (χ3v) is 6.28. The lowest BCUT2D eigenvalue weighted by Gasteiger charge is -2.19. The first-order valence-electron chi connectivity index (χ1n) is 9.71. The van der Waals surface area contributed by atoms with Crippen molar-refractivity contribution >= 4 is 46.6 Å². The predicted molar refractivity (Wildman–Crippen MR) is 130 cm³/mol. The number of aromatic nitrogens is 3. The molecule has 0 aliphatic heterocycles. The molecule has 31 heavy (non-hydrogen) atoms. The molecule has 0 aliphatic carbocycles. The van der Waals surface area contributed by atoms with Gasteiger partial charge in [-0.25, -0.2) is 0 Å². The summed E-state index contributed by atoms with van der Waals surface area (Å²) in [7, 11) is 0. The Morgan fingerprint density at radius 3 is 2.45 bits per heavy atom. The van der Waals surface area contributed by atoms with E-state index in [4.69, 9.17) is 23.2 Å². The van der Waals surface area contributed by atoms with Gasteiger partial charge in [-0.2, -0.15) is 0 Å². The highest BCUT2D eigenvalue weighted by atomic mass is 35.5. The lowest BCUT2D eigenvalue weighted by Crippen LogP contribution is -2.14. The Morgan fingerprint density at radius 1 is 1.13 bits per heavy atom. The number of carbonyl (C=O) groups excluding carboxylic acids is 1. The van der Waals surface area contributed by atoms with Gasteiger partial charge in [-0.15, -0.1) is 16.8 Å². The second kappa shape index (κ2) is 9.90. The number of hydrogen-bond acceptors (Lipinski definition) is 4.